The van der Waals surface area contributed by atoms with Gasteiger partial charge in [-0.25, -0.2) is 9.37 Å². The summed E-state index contributed by atoms with van der Waals surface area (Å²) in [7, 11) is 0. The van der Waals surface area contributed by atoms with Crippen LogP contribution in [-0.4, -0.2) is 15.2 Å². The fourth-order valence-corrected chi connectivity index (χ4v) is 3.58. The van der Waals surface area contributed by atoms with E-state index in [2.05, 4.69) is 23.8 Å². The van der Waals surface area contributed by atoms with Gasteiger partial charge in [-0.05, 0) is 17.4 Å². The highest BCUT2D eigenvalue weighted by Crippen LogP contribution is 2.26. The highest BCUT2D eigenvalue weighted by Gasteiger charge is 2.09. The Bertz CT molecular complexity index is 686. The lowest BCUT2D eigenvalue weighted by atomic mass is 10.2. The van der Waals surface area contributed by atoms with Crippen LogP contribution in [0.25, 0.3) is 0 Å². The van der Waals surface area contributed by atoms with Crippen LogP contribution in [0.3, 0.4) is 0 Å². The van der Waals surface area contributed by atoms with Gasteiger partial charge in [0.25, 0.3) is 5.56 Å². The molecule has 1 aromatic carbocycles. The SMILES string of the molecule is CC(C)SCc1cc(=O)[nH]c(SCc2c(F)cccc2Cl)n1. The second kappa shape index (κ2) is 8.04. The Morgan fingerprint density at radius 3 is 2.82 bits per heavy atom. The lowest BCUT2D eigenvalue weighted by Gasteiger charge is -2.07. The number of benzene rings is 1. The summed E-state index contributed by atoms with van der Waals surface area (Å²) in [5.41, 5.74) is 0.944. The molecule has 0 fully saturated rings. The van der Waals surface area contributed by atoms with Gasteiger partial charge in [-0.1, -0.05) is 43.3 Å². The summed E-state index contributed by atoms with van der Waals surface area (Å²) in [6.07, 6.45) is 0. The summed E-state index contributed by atoms with van der Waals surface area (Å²) in [4.78, 5) is 18.7. The van der Waals surface area contributed by atoms with Gasteiger partial charge in [-0.2, -0.15) is 11.8 Å². The molecule has 0 aliphatic carbocycles. The molecule has 0 saturated carbocycles. The van der Waals surface area contributed by atoms with Crippen LogP contribution < -0.4 is 5.56 Å². The summed E-state index contributed by atoms with van der Waals surface area (Å²) >= 11 is 8.97. The predicted molar refractivity (Wildman–Crippen MR) is 92.3 cm³/mol. The van der Waals surface area contributed by atoms with Crippen LogP contribution in [0.4, 0.5) is 4.39 Å². The number of hydrogen-bond donors (Lipinski definition) is 1. The first-order valence-corrected chi connectivity index (χ1v) is 9.14. The summed E-state index contributed by atoms with van der Waals surface area (Å²) < 4.78 is 13.7. The molecule has 1 aromatic heterocycles. The topological polar surface area (TPSA) is 45.8 Å². The molecule has 7 heteroatoms. The molecular formula is C15H16ClFN2OS2. The molecule has 0 amide bonds. The molecule has 22 heavy (non-hydrogen) atoms. The predicted octanol–water partition coefficient (Wildman–Crippen LogP) is 4.50. The average Bonchev–Trinajstić information content (AvgIpc) is 2.44. The Labute approximate surface area is 142 Å². The molecule has 0 saturated heterocycles. The molecule has 118 valence electrons. The number of nitrogens with zero attached hydrogens (tertiary/aromatic N) is 1. The highest BCUT2D eigenvalue weighted by atomic mass is 35.5. The van der Waals surface area contributed by atoms with Crippen LogP contribution in [0.5, 0.6) is 0 Å². The monoisotopic (exact) mass is 358 g/mol. The van der Waals surface area contributed by atoms with Crippen molar-refractivity contribution in [1.29, 1.82) is 0 Å². The molecule has 2 rings (SSSR count). The maximum absolute atomic E-state index is 13.7. The van der Waals surface area contributed by atoms with E-state index >= 15 is 0 Å². The van der Waals surface area contributed by atoms with Crippen molar-refractivity contribution in [2.75, 3.05) is 0 Å². The Kier molecular flexibility index (Phi) is 6.35. The van der Waals surface area contributed by atoms with Gasteiger partial charge in [-0.3, -0.25) is 4.79 Å². The first-order valence-electron chi connectivity index (χ1n) is 6.73. The van der Waals surface area contributed by atoms with Crippen LogP contribution in [0.2, 0.25) is 5.02 Å². The van der Waals surface area contributed by atoms with Gasteiger partial charge < -0.3 is 4.98 Å². The average molecular weight is 359 g/mol. The minimum atomic E-state index is -0.353. The van der Waals surface area contributed by atoms with Gasteiger partial charge in [-0.15, -0.1) is 0 Å². The van der Waals surface area contributed by atoms with Crippen molar-refractivity contribution in [1.82, 2.24) is 9.97 Å². The minimum Gasteiger partial charge on any atom is -0.301 e. The Morgan fingerprint density at radius 2 is 2.14 bits per heavy atom. The van der Waals surface area contributed by atoms with Crippen molar-refractivity contribution in [3.05, 3.63) is 56.7 Å². The van der Waals surface area contributed by atoms with E-state index < -0.39 is 0 Å². The number of nitrogens with one attached hydrogen (secondary N) is 1. The van der Waals surface area contributed by atoms with Crippen molar-refractivity contribution >= 4 is 35.1 Å². The third-order valence-electron chi connectivity index (χ3n) is 2.75. The van der Waals surface area contributed by atoms with E-state index in [4.69, 9.17) is 11.6 Å². The number of aromatic amines is 1. The fourth-order valence-electron chi connectivity index (χ4n) is 1.69. The van der Waals surface area contributed by atoms with E-state index in [1.807, 2.05) is 0 Å². The number of halogens is 2. The molecule has 0 aliphatic rings. The molecule has 0 unspecified atom stereocenters. The summed E-state index contributed by atoms with van der Waals surface area (Å²) in [6, 6.07) is 6.07. The van der Waals surface area contributed by atoms with E-state index in [0.29, 0.717) is 32.5 Å². The van der Waals surface area contributed by atoms with E-state index in [0.717, 1.165) is 5.69 Å². The molecule has 0 spiro atoms. The summed E-state index contributed by atoms with van der Waals surface area (Å²) in [6.45, 7) is 4.18. The van der Waals surface area contributed by atoms with Crippen molar-refractivity contribution in [2.45, 2.75) is 35.8 Å². The summed E-state index contributed by atoms with van der Waals surface area (Å²) in [5, 5.41) is 1.32. The first kappa shape index (κ1) is 17.4. The summed E-state index contributed by atoms with van der Waals surface area (Å²) in [5.74, 6) is 0.638. The molecule has 0 bridgehead atoms. The largest absolute Gasteiger partial charge is 0.301 e. The van der Waals surface area contributed by atoms with Crippen LogP contribution in [0.15, 0.2) is 34.2 Å². The maximum atomic E-state index is 13.7. The van der Waals surface area contributed by atoms with Gasteiger partial charge in [0.1, 0.15) is 5.82 Å². The Morgan fingerprint density at radius 1 is 1.36 bits per heavy atom. The number of H-pyrrole nitrogens is 1. The zero-order valence-electron chi connectivity index (χ0n) is 12.2. The third kappa shape index (κ3) is 5.04. The quantitative estimate of drug-likeness (QED) is 0.610. The van der Waals surface area contributed by atoms with E-state index in [9.17, 15) is 9.18 Å². The third-order valence-corrected chi connectivity index (χ3v) is 5.14. The molecule has 0 radical (unpaired) electrons. The van der Waals surface area contributed by atoms with Crippen molar-refractivity contribution in [3.63, 3.8) is 0 Å². The van der Waals surface area contributed by atoms with E-state index in [1.54, 1.807) is 23.9 Å². The zero-order valence-corrected chi connectivity index (χ0v) is 14.6. The van der Waals surface area contributed by atoms with Crippen molar-refractivity contribution < 1.29 is 4.39 Å². The first-order chi connectivity index (χ1) is 10.5. The number of thioether (sulfide) groups is 2. The minimum absolute atomic E-state index is 0.198. The molecule has 3 nitrogen and oxygen atoms in total. The molecule has 0 atom stereocenters. The van der Waals surface area contributed by atoms with Gasteiger partial charge in [0, 0.05) is 28.2 Å². The number of hydrogen-bond acceptors (Lipinski definition) is 4. The molecule has 1 heterocycles. The van der Waals surface area contributed by atoms with Gasteiger partial charge in [0.05, 0.1) is 5.69 Å². The highest BCUT2D eigenvalue weighted by molar-refractivity contribution is 7.99. The van der Waals surface area contributed by atoms with Crippen LogP contribution in [0.1, 0.15) is 25.1 Å². The number of rotatable bonds is 6. The van der Waals surface area contributed by atoms with Gasteiger partial charge in [0.2, 0.25) is 0 Å². The Balaban J connectivity index is 2.11. The van der Waals surface area contributed by atoms with Crippen molar-refractivity contribution in [2.24, 2.45) is 0 Å². The second-order valence-electron chi connectivity index (χ2n) is 4.89. The maximum Gasteiger partial charge on any atom is 0.251 e. The van der Waals surface area contributed by atoms with Gasteiger partial charge >= 0.3 is 0 Å². The lowest BCUT2D eigenvalue weighted by molar-refractivity contribution is 0.617. The zero-order chi connectivity index (χ0) is 16.1. The molecule has 1 N–H and O–H groups in total. The van der Waals surface area contributed by atoms with E-state index in [-0.39, 0.29) is 11.4 Å². The Hall–Kier alpha value is -0.980. The smallest absolute Gasteiger partial charge is 0.251 e. The van der Waals surface area contributed by atoms with Crippen LogP contribution in [-0.2, 0) is 11.5 Å². The molecular weight excluding hydrogens is 343 g/mol. The second-order valence-corrected chi connectivity index (χ2v) is 7.83. The van der Waals surface area contributed by atoms with E-state index in [1.165, 1.54) is 23.9 Å². The van der Waals surface area contributed by atoms with Crippen LogP contribution >= 0.6 is 35.1 Å². The fraction of sp³-hybridized carbons (Fsp3) is 0.333. The normalized spacial score (nSPS) is 11.1. The molecule has 2 aromatic rings. The van der Waals surface area contributed by atoms with Crippen molar-refractivity contribution in [3.8, 4) is 0 Å². The number of aromatic nitrogens is 2. The van der Waals surface area contributed by atoms with Crippen LogP contribution in [0, 0.1) is 5.82 Å². The van der Waals surface area contributed by atoms with Gasteiger partial charge in [0.15, 0.2) is 5.16 Å². The standard InChI is InChI=1S/C15H16ClFN2OS2/c1-9(2)21-7-10-6-14(20)19-15(18-10)22-8-11-12(16)4-3-5-13(11)17/h3-6,9H,7-8H2,1-2H3,(H,18,19,20). The lowest BCUT2D eigenvalue weighted by Crippen LogP contribution is -2.10. The molecule has 0 aliphatic heterocycles.